The van der Waals surface area contributed by atoms with Crippen molar-refractivity contribution in [2.24, 2.45) is 0 Å². The van der Waals surface area contributed by atoms with Crippen LogP contribution >= 0.6 is 11.8 Å². The summed E-state index contributed by atoms with van der Waals surface area (Å²) in [5, 5.41) is 0. The Hall–Kier alpha value is -1.74. The number of thioether (sulfide) groups is 1. The highest BCUT2D eigenvalue weighted by Gasteiger charge is 2.06. The SMILES string of the molecule is CCc1ccc(OC)c(CSc2ccc(C(C)=O)cc2)c1. The van der Waals surface area contributed by atoms with Gasteiger partial charge in [-0.1, -0.05) is 31.2 Å². The Morgan fingerprint density at radius 1 is 1.14 bits per heavy atom. The van der Waals surface area contributed by atoms with Crippen LogP contribution in [0.1, 0.15) is 35.3 Å². The molecule has 0 saturated heterocycles. The number of carbonyl (C=O) groups is 1. The molecule has 3 heteroatoms. The van der Waals surface area contributed by atoms with Gasteiger partial charge in [-0.2, -0.15) is 0 Å². The number of hydrogen-bond donors (Lipinski definition) is 0. The first kappa shape index (κ1) is 15.6. The first-order valence-electron chi connectivity index (χ1n) is 7.03. The summed E-state index contributed by atoms with van der Waals surface area (Å²) >= 11 is 1.75. The van der Waals surface area contributed by atoms with Crippen LogP contribution < -0.4 is 4.74 Å². The van der Waals surface area contributed by atoms with Gasteiger partial charge in [-0.25, -0.2) is 0 Å². The molecular formula is C18H20O2S. The first-order chi connectivity index (χ1) is 10.1. The minimum absolute atomic E-state index is 0.101. The number of ketones is 1. The van der Waals surface area contributed by atoms with Crippen molar-refractivity contribution in [2.45, 2.75) is 30.9 Å². The van der Waals surface area contributed by atoms with Crippen molar-refractivity contribution in [3.8, 4) is 5.75 Å². The van der Waals surface area contributed by atoms with Crippen LogP contribution in [0.4, 0.5) is 0 Å². The lowest BCUT2D eigenvalue weighted by Gasteiger charge is -2.10. The van der Waals surface area contributed by atoms with Crippen molar-refractivity contribution in [2.75, 3.05) is 7.11 Å². The third-order valence-electron chi connectivity index (χ3n) is 3.41. The summed E-state index contributed by atoms with van der Waals surface area (Å²) in [6.45, 7) is 3.74. The van der Waals surface area contributed by atoms with Crippen molar-refractivity contribution in [3.63, 3.8) is 0 Å². The van der Waals surface area contributed by atoms with E-state index in [2.05, 4.69) is 19.1 Å². The molecule has 0 aliphatic heterocycles. The summed E-state index contributed by atoms with van der Waals surface area (Å²) < 4.78 is 5.43. The maximum Gasteiger partial charge on any atom is 0.159 e. The first-order valence-corrected chi connectivity index (χ1v) is 8.02. The fourth-order valence-corrected chi connectivity index (χ4v) is 2.99. The van der Waals surface area contributed by atoms with Crippen LogP contribution in [0.2, 0.25) is 0 Å². The number of Topliss-reactive ketones (excluding diaryl/α,β-unsaturated/α-hetero) is 1. The van der Waals surface area contributed by atoms with Gasteiger partial charge in [-0.3, -0.25) is 4.79 Å². The molecule has 2 rings (SSSR count). The van der Waals surface area contributed by atoms with Crippen molar-refractivity contribution in [3.05, 3.63) is 59.2 Å². The highest BCUT2D eigenvalue weighted by Crippen LogP contribution is 2.29. The predicted octanol–water partition coefficient (Wildman–Crippen LogP) is 4.75. The number of methoxy groups -OCH3 is 1. The molecule has 21 heavy (non-hydrogen) atoms. The molecule has 0 spiro atoms. The number of benzene rings is 2. The van der Waals surface area contributed by atoms with Gasteiger partial charge in [0, 0.05) is 21.8 Å². The number of hydrogen-bond acceptors (Lipinski definition) is 3. The van der Waals surface area contributed by atoms with E-state index in [4.69, 9.17) is 4.74 Å². The van der Waals surface area contributed by atoms with Crippen molar-refractivity contribution in [1.29, 1.82) is 0 Å². The topological polar surface area (TPSA) is 26.3 Å². The molecular weight excluding hydrogens is 280 g/mol. The van der Waals surface area contributed by atoms with E-state index in [1.807, 2.05) is 30.3 Å². The quantitative estimate of drug-likeness (QED) is 0.568. The zero-order valence-corrected chi connectivity index (χ0v) is 13.5. The second kappa shape index (κ2) is 7.32. The van der Waals surface area contributed by atoms with Gasteiger partial charge in [-0.15, -0.1) is 11.8 Å². The van der Waals surface area contributed by atoms with E-state index in [0.717, 1.165) is 28.4 Å². The average Bonchev–Trinajstić information content (AvgIpc) is 2.52. The zero-order chi connectivity index (χ0) is 15.2. The molecule has 0 N–H and O–H groups in total. The van der Waals surface area contributed by atoms with Crippen LogP contribution in [0.25, 0.3) is 0 Å². The van der Waals surface area contributed by atoms with Crippen LogP contribution in [0.15, 0.2) is 47.4 Å². The second-order valence-electron chi connectivity index (χ2n) is 4.87. The maximum absolute atomic E-state index is 11.3. The Bertz CT molecular complexity index is 618. The summed E-state index contributed by atoms with van der Waals surface area (Å²) in [7, 11) is 1.71. The molecule has 0 radical (unpaired) electrons. The molecule has 0 aliphatic carbocycles. The minimum Gasteiger partial charge on any atom is -0.496 e. The molecule has 2 nitrogen and oxygen atoms in total. The molecule has 0 fully saturated rings. The maximum atomic E-state index is 11.3. The third-order valence-corrected chi connectivity index (χ3v) is 4.47. The Morgan fingerprint density at radius 2 is 1.86 bits per heavy atom. The fourth-order valence-electron chi connectivity index (χ4n) is 2.11. The molecule has 2 aromatic carbocycles. The van der Waals surface area contributed by atoms with E-state index in [-0.39, 0.29) is 5.78 Å². The largest absolute Gasteiger partial charge is 0.496 e. The van der Waals surface area contributed by atoms with Gasteiger partial charge in [0.1, 0.15) is 5.75 Å². The summed E-state index contributed by atoms with van der Waals surface area (Å²) in [5.41, 5.74) is 3.28. The highest BCUT2D eigenvalue weighted by molar-refractivity contribution is 7.98. The second-order valence-corrected chi connectivity index (χ2v) is 5.92. The predicted molar refractivity (Wildman–Crippen MR) is 88.4 cm³/mol. The monoisotopic (exact) mass is 300 g/mol. The number of ether oxygens (including phenoxy) is 1. The van der Waals surface area contributed by atoms with Crippen LogP contribution in [0, 0.1) is 0 Å². The molecule has 2 aromatic rings. The van der Waals surface area contributed by atoms with Gasteiger partial charge in [0.25, 0.3) is 0 Å². The van der Waals surface area contributed by atoms with Gasteiger partial charge in [0.2, 0.25) is 0 Å². The lowest BCUT2D eigenvalue weighted by molar-refractivity contribution is 0.101. The standard InChI is InChI=1S/C18H20O2S/c1-4-14-5-10-18(20-3)16(11-14)12-21-17-8-6-15(7-9-17)13(2)19/h5-11H,4,12H2,1-3H3. The van der Waals surface area contributed by atoms with Gasteiger partial charge < -0.3 is 4.74 Å². The van der Waals surface area contributed by atoms with Crippen LogP contribution in [0.3, 0.4) is 0 Å². The van der Waals surface area contributed by atoms with Crippen LogP contribution in [-0.4, -0.2) is 12.9 Å². The smallest absolute Gasteiger partial charge is 0.159 e. The number of rotatable bonds is 6. The van der Waals surface area contributed by atoms with Crippen molar-refractivity contribution in [1.82, 2.24) is 0 Å². The zero-order valence-electron chi connectivity index (χ0n) is 12.7. The van der Waals surface area contributed by atoms with Crippen molar-refractivity contribution >= 4 is 17.5 Å². The van der Waals surface area contributed by atoms with Crippen LogP contribution in [-0.2, 0) is 12.2 Å². The normalized spacial score (nSPS) is 10.4. The third kappa shape index (κ3) is 4.11. The van der Waals surface area contributed by atoms with E-state index in [1.54, 1.807) is 25.8 Å². The summed E-state index contributed by atoms with van der Waals surface area (Å²) in [6.07, 6.45) is 1.02. The Morgan fingerprint density at radius 3 is 2.43 bits per heavy atom. The molecule has 0 aromatic heterocycles. The van der Waals surface area contributed by atoms with Gasteiger partial charge in [0.05, 0.1) is 7.11 Å². The van der Waals surface area contributed by atoms with Gasteiger partial charge in [-0.05, 0) is 37.1 Å². The lowest BCUT2D eigenvalue weighted by atomic mass is 10.1. The highest BCUT2D eigenvalue weighted by atomic mass is 32.2. The summed E-state index contributed by atoms with van der Waals surface area (Å²) in [5.74, 6) is 1.89. The molecule has 0 atom stereocenters. The molecule has 0 heterocycles. The van der Waals surface area contributed by atoms with Crippen LogP contribution in [0.5, 0.6) is 5.75 Å². The molecule has 0 saturated carbocycles. The Balaban J connectivity index is 2.10. The van der Waals surface area contributed by atoms with E-state index in [1.165, 1.54) is 11.1 Å². The molecule has 0 aliphatic rings. The molecule has 110 valence electrons. The van der Waals surface area contributed by atoms with Gasteiger partial charge in [0.15, 0.2) is 5.78 Å². The summed E-state index contributed by atoms with van der Waals surface area (Å²) in [6, 6.07) is 14.1. The fraction of sp³-hybridized carbons (Fsp3) is 0.278. The van der Waals surface area contributed by atoms with E-state index in [0.29, 0.717) is 0 Å². The molecule has 0 bridgehead atoms. The average molecular weight is 300 g/mol. The van der Waals surface area contributed by atoms with E-state index in [9.17, 15) is 4.79 Å². The molecule has 0 unspecified atom stereocenters. The number of carbonyl (C=O) groups excluding carboxylic acids is 1. The summed E-state index contributed by atoms with van der Waals surface area (Å²) in [4.78, 5) is 12.4. The minimum atomic E-state index is 0.101. The number of aryl methyl sites for hydroxylation is 1. The molecule has 0 amide bonds. The Kier molecular flexibility index (Phi) is 5.45. The van der Waals surface area contributed by atoms with E-state index >= 15 is 0 Å². The van der Waals surface area contributed by atoms with E-state index < -0.39 is 0 Å². The van der Waals surface area contributed by atoms with Gasteiger partial charge >= 0.3 is 0 Å². The Labute approximate surface area is 130 Å². The lowest BCUT2D eigenvalue weighted by Crippen LogP contribution is -1.93. The van der Waals surface area contributed by atoms with Crippen molar-refractivity contribution < 1.29 is 9.53 Å².